The number of piperazine rings is 1. The Morgan fingerprint density at radius 3 is 2.41 bits per heavy atom. The summed E-state index contributed by atoms with van der Waals surface area (Å²) < 4.78 is 10.9. The summed E-state index contributed by atoms with van der Waals surface area (Å²) in [5.41, 5.74) is 2.03. The molecule has 0 spiro atoms. The third-order valence-electron chi connectivity index (χ3n) is 5.11. The molecule has 1 amide bonds. The molecule has 7 heteroatoms. The minimum atomic E-state index is 0.124. The molecule has 0 aliphatic carbocycles. The molecule has 1 fully saturated rings. The largest absolute Gasteiger partial charge is 0.497 e. The van der Waals surface area contributed by atoms with Crippen molar-refractivity contribution in [2.24, 2.45) is 0 Å². The fraction of sp³-hybridized carbons (Fsp3) is 0.318. The van der Waals surface area contributed by atoms with Gasteiger partial charge in [0, 0.05) is 50.3 Å². The third kappa shape index (κ3) is 4.56. The first-order chi connectivity index (χ1) is 14.2. The summed E-state index contributed by atoms with van der Waals surface area (Å²) in [6, 6.07) is 17.7. The number of hydrogen-bond acceptors (Lipinski definition) is 6. The van der Waals surface area contributed by atoms with Crippen LogP contribution in [0.2, 0.25) is 0 Å². The Labute approximate surface area is 169 Å². The van der Waals surface area contributed by atoms with E-state index >= 15 is 0 Å². The van der Waals surface area contributed by atoms with Gasteiger partial charge in [-0.05, 0) is 36.4 Å². The van der Waals surface area contributed by atoms with E-state index < -0.39 is 0 Å². The summed E-state index contributed by atoms with van der Waals surface area (Å²) in [6.45, 7) is 3.06. The third-order valence-corrected chi connectivity index (χ3v) is 5.11. The Kier molecular flexibility index (Phi) is 5.74. The van der Waals surface area contributed by atoms with E-state index in [1.54, 1.807) is 7.11 Å². The highest BCUT2D eigenvalue weighted by molar-refractivity contribution is 5.76. The van der Waals surface area contributed by atoms with Crippen LogP contribution in [-0.4, -0.2) is 54.3 Å². The highest BCUT2D eigenvalue weighted by Gasteiger charge is 2.22. The van der Waals surface area contributed by atoms with Crippen molar-refractivity contribution in [1.82, 2.24) is 15.1 Å². The maximum absolute atomic E-state index is 12.6. The molecule has 3 aromatic rings. The molecule has 0 unspecified atom stereocenters. The number of carbonyl (C=O) groups excluding carboxylic acids is 1. The number of carbonyl (C=O) groups is 1. The molecule has 0 radical (unpaired) electrons. The van der Waals surface area contributed by atoms with Crippen molar-refractivity contribution in [2.45, 2.75) is 12.8 Å². The van der Waals surface area contributed by atoms with Crippen LogP contribution in [0.25, 0.3) is 11.5 Å². The van der Waals surface area contributed by atoms with Crippen molar-refractivity contribution in [3.63, 3.8) is 0 Å². The van der Waals surface area contributed by atoms with Gasteiger partial charge in [0.15, 0.2) is 0 Å². The number of hydrogen-bond donors (Lipinski definition) is 0. The Bertz CT molecular complexity index is 932. The van der Waals surface area contributed by atoms with Crippen molar-refractivity contribution in [2.75, 3.05) is 38.2 Å². The van der Waals surface area contributed by atoms with Crippen LogP contribution in [0.3, 0.4) is 0 Å². The molecule has 2 heterocycles. The molecule has 1 aromatic heterocycles. The van der Waals surface area contributed by atoms with E-state index in [0.29, 0.717) is 37.7 Å². The number of aryl methyl sites for hydroxylation is 1. The van der Waals surface area contributed by atoms with Crippen LogP contribution in [0, 0.1) is 0 Å². The lowest BCUT2D eigenvalue weighted by Gasteiger charge is -2.36. The summed E-state index contributed by atoms with van der Waals surface area (Å²) >= 11 is 0. The Hall–Kier alpha value is -3.35. The van der Waals surface area contributed by atoms with Gasteiger partial charge in [-0.1, -0.05) is 18.2 Å². The Balaban J connectivity index is 1.26. The van der Waals surface area contributed by atoms with Crippen LogP contribution in [0.4, 0.5) is 5.69 Å². The fourth-order valence-electron chi connectivity index (χ4n) is 3.43. The molecule has 150 valence electrons. The standard InChI is InChI=1S/C22H24N4O3/c1-28-19-9-7-18(8-10-19)25-13-15-26(16-14-25)21(27)12-11-20-23-24-22(29-20)17-5-3-2-4-6-17/h2-10H,11-16H2,1H3. The second-order valence-corrected chi connectivity index (χ2v) is 6.93. The molecular formula is C22H24N4O3. The maximum atomic E-state index is 12.6. The van der Waals surface area contributed by atoms with Crippen molar-refractivity contribution < 1.29 is 13.9 Å². The smallest absolute Gasteiger partial charge is 0.247 e. The maximum Gasteiger partial charge on any atom is 0.247 e. The van der Waals surface area contributed by atoms with Crippen LogP contribution >= 0.6 is 0 Å². The van der Waals surface area contributed by atoms with Crippen LogP contribution in [-0.2, 0) is 11.2 Å². The molecule has 1 aliphatic heterocycles. The molecule has 2 aromatic carbocycles. The van der Waals surface area contributed by atoms with Gasteiger partial charge < -0.3 is 19.0 Å². The highest BCUT2D eigenvalue weighted by atomic mass is 16.5. The topological polar surface area (TPSA) is 71.7 Å². The van der Waals surface area contributed by atoms with E-state index in [-0.39, 0.29) is 5.91 Å². The quantitative estimate of drug-likeness (QED) is 0.642. The molecule has 0 bridgehead atoms. The van der Waals surface area contributed by atoms with E-state index in [1.165, 1.54) is 0 Å². The van der Waals surface area contributed by atoms with Crippen LogP contribution in [0.1, 0.15) is 12.3 Å². The first-order valence-electron chi connectivity index (χ1n) is 9.77. The predicted molar refractivity (Wildman–Crippen MR) is 110 cm³/mol. The summed E-state index contributed by atoms with van der Waals surface area (Å²) in [4.78, 5) is 16.8. The second kappa shape index (κ2) is 8.77. The highest BCUT2D eigenvalue weighted by Crippen LogP contribution is 2.21. The molecule has 0 saturated carbocycles. The summed E-state index contributed by atoms with van der Waals surface area (Å²) in [7, 11) is 1.66. The minimum Gasteiger partial charge on any atom is -0.497 e. The van der Waals surface area contributed by atoms with Gasteiger partial charge in [0.1, 0.15) is 5.75 Å². The minimum absolute atomic E-state index is 0.124. The summed E-state index contributed by atoms with van der Waals surface area (Å²) in [5, 5.41) is 8.15. The van der Waals surface area contributed by atoms with Gasteiger partial charge in [-0.2, -0.15) is 0 Å². The molecule has 0 N–H and O–H groups in total. The number of amides is 1. The van der Waals surface area contributed by atoms with Crippen molar-refractivity contribution in [3.05, 3.63) is 60.5 Å². The predicted octanol–water partition coefficient (Wildman–Crippen LogP) is 3.03. The Morgan fingerprint density at radius 2 is 1.72 bits per heavy atom. The number of aromatic nitrogens is 2. The zero-order chi connectivity index (χ0) is 20.1. The number of rotatable bonds is 6. The molecule has 0 atom stereocenters. The number of methoxy groups -OCH3 is 1. The van der Waals surface area contributed by atoms with E-state index in [9.17, 15) is 4.79 Å². The molecular weight excluding hydrogens is 368 g/mol. The van der Waals surface area contributed by atoms with Crippen LogP contribution in [0.15, 0.2) is 59.0 Å². The molecule has 1 aliphatic rings. The van der Waals surface area contributed by atoms with E-state index in [1.807, 2.05) is 47.4 Å². The molecule has 4 rings (SSSR count). The fourth-order valence-corrected chi connectivity index (χ4v) is 3.43. The zero-order valence-corrected chi connectivity index (χ0v) is 16.5. The van der Waals surface area contributed by atoms with E-state index in [4.69, 9.17) is 9.15 Å². The lowest BCUT2D eigenvalue weighted by atomic mass is 10.2. The molecule has 29 heavy (non-hydrogen) atoms. The summed E-state index contributed by atoms with van der Waals surface area (Å²) in [5.74, 6) is 1.95. The van der Waals surface area contributed by atoms with Crippen LogP contribution in [0.5, 0.6) is 5.75 Å². The lowest BCUT2D eigenvalue weighted by molar-refractivity contribution is -0.131. The normalized spacial score (nSPS) is 14.1. The Morgan fingerprint density at radius 1 is 1.00 bits per heavy atom. The van der Waals surface area contributed by atoms with Crippen molar-refractivity contribution in [1.29, 1.82) is 0 Å². The van der Waals surface area contributed by atoms with Gasteiger partial charge in [0.05, 0.1) is 7.11 Å². The van der Waals surface area contributed by atoms with Gasteiger partial charge in [-0.3, -0.25) is 4.79 Å². The SMILES string of the molecule is COc1ccc(N2CCN(C(=O)CCc3nnc(-c4ccccc4)o3)CC2)cc1. The molecule has 7 nitrogen and oxygen atoms in total. The number of anilines is 1. The van der Waals surface area contributed by atoms with Gasteiger partial charge in [0.2, 0.25) is 17.7 Å². The van der Waals surface area contributed by atoms with Gasteiger partial charge in [-0.15, -0.1) is 10.2 Å². The number of nitrogens with zero attached hydrogens (tertiary/aromatic N) is 4. The van der Waals surface area contributed by atoms with Gasteiger partial charge in [-0.25, -0.2) is 0 Å². The lowest BCUT2D eigenvalue weighted by Crippen LogP contribution is -2.48. The van der Waals surface area contributed by atoms with Crippen molar-refractivity contribution in [3.8, 4) is 17.2 Å². The number of benzene rings is 2. The average molecular weight is 392 g/mol. The van der Waals surface area contributed by atoms with Crippen molar-refractivity contribution >= 4 is 11.6 Å². The van der Waals surface area contributed by atoms with Gasteiger partial charge in [0.25, 0.3) is 0 Å². The van der Waals surface area contributed by atoms with Crippen LogP contribution < -0.4 is 9.64 Å². The molecule has 1 saturated heterocycles. The second-order valence-electron chi connectivity index (χ2n) is 6.93. The van der Waals surface area contributed by atoms with E-state index in [0.717, 1.165) is 30.1 Å². The summed E-state index contributed by atoms with van der Waals surface area (Å²) in [6.07, 6.45) is 0.830. The first-order valence-corrected chi connectivity index (χ1v) is 9.77. The first kappa shape index (κ1) is 19.0. The zero-order valence-electron chi connectivity index (χ0n) is 16.5. The average Bonchev–Trinajstić information content (AvgIpc) is 3.27. The van der Waals surface area contributed by atoms with E-state index in [2.05, 4.69) is 27.2 Å². The van der Waals surface area contributed by atoms with Gasteiger partial charge >= 0.3 is 0 Å². The number of ether oxygens (including phenoxy) is 1. The monoisotopic (exact) mass is 392 g/mol.